The van der Waals surface area contributed by atoms with Crippen molar-refractivity contribution in [2.75, 3.05) is 7.11 Å². The monoisotopic (exact) mass is 295 g/mol. The van der Waals surface area contributed by atoms with Gasteiger partial charge in [0.05, 0.1) is 19.2 Å². The number of hydrogen-bond acceptors (Lipinski definition) is 5. The molecule has 3 rings (SSSR count). The summed E-state index contributed by atoms with van der Waals surface area (Å²) in [7, 11) is 1.27. The van der Waals surface area contributed by atoms with Crippen LogP contribution in [0.15, 0.2) is 53.5 Å². The molecule has 0 saturated carbocycles. The topological polar surface area (TPSA) is 74.1 Å². The maximum atomic E-state index is 12.0. The predicted octanol–water partition coefficient (Wildman–Crippen LogP) is 1.63. The molecule has 110 valence electrons. The fraction of sp³-hybridized carbons (Fsp3) is 0.125. The molecule has 0 aliphatic heterocycles. The first-order valence-electron chi connectivity index (χ1n) is 6.68. The van der Waals surface area contributed by atoms with Crippen LogP contribution in [0.25, 0.3) is 10.9 Å². The number of rotatable bonds is 3. The van der Waals surface area contributed by atoms with Gasteiger partial charge in [-0.2, -0.15) is 5.10 Å². The van der Waals surface area contributed by atoms with Gasteiger partial charge in [-0.15, -0.1) is 0 Å². The molecule has 0 fully saturated rings. The van der Waals surface area contributed by atoms with Crippen molar-refractivity contribution in [3.63, 3.8) is 0 Å². The molecule has 0 radical (unpaired) electrons. The number of methoxy groups -OCH3 is 1. The molecule has 22 heavy (non-hydrogen) atoms. The van der Waals surface area contributed by atoms with Crippen LogP contribution in [0.2, 0.25) is 0 Å². The number of fused-ring (bicyclic) bond motifs is 1. The smallest absolute Gasteiger partial charge is 0.358 e. The molecule has 3 aromatic rings. The van der Waals surface area contributed by atoms with Gasteiger partial charge in [-0.05, 0) is 17.7 Å². The van der Waals surface area contributed by atoms with E-state index < -0.39 is 5.97 Å². The van der Waals surface area contributed by atoms with Gasteiger partial charge in [0.2, 0.25) is 0 Å². The SMILES string of the molecule is COC(=O)c1ccc(=O)n(Cc2cccc3cccnc23)n1. The van der Waals surface area contributed by atoms with E-state index in [4.69, 9.17) is 0 Å². The van der Waals surface area contributed by atoms with Gasteiger partial charge in [0, 0.05) is 17.6 Å². The quantitative estimate of drug-likeness (QED) is 0.687. The number of esters is 1. The standard InChI is InChI=1S/C16H13N3O3/c1-22-16(21)13-7-8-14(20)19(18-13)10-12-5-2-4-11-6-3-9-17-15(11)12/h2-9H,10H2,1H3. The Hall–Kier alpha value is -3.02. The van der Waals surface area contributed by atoms with Crippen LogP contribution in [0.4, 0.5) is 0 Å². The maximum Gasteiger partial charge on any atom is 0.358 e. The molecule has 0 unspecified atom stereocenters. The van der Waals surface area contributed by atoms with E-state index in [0.29, 0.717) is 0 Å². The number of hydrogen-bond donors (Lipinski definition) is 0. The van der Waals surface area contributed by atoms with Crippen molar-refractivity contribution in [3.8, 4) is 0 Å². The molecular weight excluding hydrogens is 282 g/mol. The van der Waals surface area contributed by atoms with E-state index in [9.17, 15) is 9.59 Å². The second kappa shape index (κ2) is 5.77. The third-order valence-electron chi connectivity index (χ3n) is 3.30. The lowest BCUT2D eigenvalue weighted by Crippen LogP contribution is -2.25. The molecule has 0 bridgehead atoms. The van der Waals surface area contributed by atoms with E-state index in [1.54, 1.807) is 6.20 Å². The molecule has 6 heteroatoms. The third kappa shape index (κ3) is 2.58. The second-order valence-corrected chi connectivity index (χ2v) is 4.70. The Bertz CT molecular complexity index is 897. The van der Waals surface area contributed by atoms with Crippen LogP contribution in [0, 0.1) is 0 Å². The van der Waals surface area contributed by atoms with Crippen molar-refractivity contribution in [1.82, 2.24) is 14.8 Å². The Balaban J connectivity index is 2.05. The summed E-state index contributed by atoms with van der Waals surface area (Å²) < 4.78 is 5.85. The largest absolute Gasteiger partial charge is 0.464 e. The number of benzene rings is 1. The first kappa shape index (κ1) is 13.9. The summed E-state index contributed by atoms with van der Waals surface area (Å²) in [6, 6.07) is 12.2. The van der Waals surface area contributed by atoms with E-state index in [1.807, 2.05) is 30.3 Å². The Labute approximate surface area is 126 Å². The van der Waals surface area contributed by atoms with E-state index >= 15 is 0 Å². The van der Waals surface area contributed by atoms with Crippen LogP contribution in [0.5, 0.6) is 0 Å². The van der Waals surface area contributed by atoms with Crippen LogP contribution < -0.4 is 5.56 Å². The van der Waals surface area contributed by atoms with Crippen molar-refractivity contribution in [1.29, 1.82) is 0 Å². The average Bonchev–Trinajstić information content (AvgIpc) is 2.56. The Kier molecular flexibility index (Phi) is 3.65. The number of para-hydroxylation sites is 1. The second-order valence-electron chi connectivity index (χ2n) is 4.70. The molecule has 0 amide bonds. The highest BCUT2D eigenvalue weighted by atomic mass is 16.5. The summed E-state index contributed by atoms with van der Waals surface area (Å²) in [4.78, 5) is 27.8. The van der Waals surface area contributed by atoms with Crippen LogP contribution >= 0.6 is 0 Å². The molecule has 0 aliphatic carbocycles. The predicted molar refractivity (Wildman–Crippen MR) is 80.7 cm³/mol. The van der Waals surface area contributed by atoms with Crippen LogP contribution in [0.3, 0.4) is 0 Å². The van der Waals surface area contributed by atoms with E-state index in [0.717, 1.165) is 16.5 Å². The fourth-order valence-corrected chi connectivity index (χ4v) is 2.23. The first-order chi connectivity index (χ1) is 10.7. The zero-order chi connectivity index (χ0) is 15.5. The number of aromatic nitrogens is 3. The number of pyridine rings is 1. The molecular formula is C16H13N3O3. The summed E-state index contributed by atoms with van der Waals surface area (Å²) in [5.41, 5.74) is 1.47. The molecule has 2 heterocycles. The average molecular weight is 295 g/mol. The molecule has 0 spiro atoms. The van der Waals surface area contributed by atoms with Gasteiger partial charge < -0.3 is 4.74 Å². The van der Waals surface area contributed by atoms with Crippen LogP contribution in [-0.2, 0) is 11.3 Å². The minimum absolute atomic E-state index is 0.0929. The normalized spacial score (nSPS) is 10.6. The molecule has 0 saturated heterocycles. The van der Waals surface area contributed by atoms with E-state index in [-0.39, 0.29) is 17.8 Å². The highest BCUT2D eigenvalue weighted by Gasteiger charge is 2.11. The third-order valence-corrected chi connectivity index (χ3v) is 3.30. The fourth-order valence-electron chi connectivity index (χ4n) is 2.23. The Morgan fingerprint density at radius 1 is 1.18 bits per heavy atom. The number of carbonyl (C=O) groups excluding carboxylic acids is 1. The van der Waals surface area contributed by atoms with Gasteiger partial charge in [0.1, 0.15) is 0 Å². The van der Waals surface area contributed by atoms with Gasteiger partial charge in [0.25, 0.3) is 5.56 Å². The van der Waals surface area contributed by atoms with Crippen molar-refractivity contribution in [3.05, 3.63) is 70.3 Å². The molecule has 1 aromatic carbocycles. The zero-order valence-corrected chi connectivity index (χ0v) is 11.9. The van der Waals surface area contributed by atoms with Crippen molar-refractivity contribution in [2.24, 2.45) is 0 Å². The number of carbonyl (C=O) groups is 1. The Morgan fingerprint density at radius 3 is 2.82 bits per heavy atom. The summed E-state index contributed by atoms with van der Waals surface area (Å²) >= 11 is 0. The first-order valence-corrected chi connectivity index (χ1v) is 6.68. The van der Waals surface area contributed by atoms with Gasteiger partial charge in [-0.3, -0.25) is 9.78 Å². The summed E-state index contributed by atoms with van der Waals surface area (Å²) in [6.45, 7) is 0.234. The molecule has 0 atom stereocenters. The summed E-state index contributed by atoms with van der Waals surface area (Å²) in [5.74, 6) is -0.579. The Morgan fingerprint density at radius 2 is 2.00 bits per heavy atom. The maximum absolute atomic E-state index is 12.0. The lowest BCUT2D eigenvalue weighted by atomic mass is 10.1. The van der Waals surface area contributed by atoms with Crippen molar-refractivity contribution < 1.29 is 9.53 Å². The molecule has 0 N–H and O–H groups in total. The number of ether oxygens (including phenoxy) is 1. The molecule has 6 nitrogen and oxygen atoms in total. The van der Waals surface area contributed by atoms with Crippen LogP contribution in [0.1, 0.15) is 16.1 Å². The van der Waals surface area contributed by atoms with Crippen molar-refractivity contribution >= 4 is 16.9 Å². The molecule has 2 aromatic heterocycles. The van der Waals surface area contributed by atoms with Gasteiger partial charge in [-0.1, -0.05) is 24.3 Å². The van der Waals surface area contributed by atoms with E-state index in [1.165, 1.54) is 23.9 Å². The van der Waals surface area contributed by atoms with Crippen LogP contribution in [-0.4, -0.2) is 27.8 Å². The lowest BCUT2D eigenvalue weighted by Gasteiger charge is -2.08. The van der Waals surface area contributed by atoms with Gasteiger partial charge in [-0.25, -0.2) is 9.48 Å². The summed E-state index contributed by atoms with van der Waals surface area (Å²) in [6.07, 6.45) is 1.70. The molecule has 0 aliphatic rings. The highest BCUT2D eigenvalue weighted by Crippen LogP contribution is 2.16. The highest BCUT2D eigenvalue weighted by molar-refractivity contribution is 5.86. The van der Waals surface area contributed by atoms with Gasteiger partial charge >= 0.3 is 5.97 Å². The zero-order valence-electron chi connectivity index (χ0n) is 11.9. The minimum Gasteiger partial charge on any atom is -0.464 e. The van der Waals surface area contributed by atoms with Gasteiger partial charge in [0.15, 0.2) is 5.69 Å². The number of nitrogens with zero attached hydrogens (tertiary/aromatic N) is 3. The summed E-state index contributed by atoms with van der Waals surface area (Å²) in [5, 5.41) is 5.03. The lowest BCUT2D eigenvalue weighted by molar-refractivity contribution is 0.0591. The van der Waals surface area contributed by atoms with Crippen molar-refractivity contribution in [2.45, 2.75) is 6.54 Å². The minimum atomic E-state index is -0.579. The van der Waals surface area contributed by atoms with E-state index in [2.05, 4.69) is 14.8 Å².